The van der Waals surface area contributed by atoms with Crippen LogP contribution >= 0.6 is 0 Å². The van der Waals surface area contributed by atoms with E-state index in [2.05, 4.69) is 10.1 Å². The van der Waals surface area contributed by atoms with Gasteiger partial charge in [-0.15, -0.1) is 0 Å². The van der Waals surface area contributed by atoms with Crippen molar-refractivity contribution in [2.75, 3.05) is 6.54 Å². The molecule has 2 heterocycles. The number of aromatic nitrogens is 3. The minimum absolute atomic E-state index is 0.0277. The Hall–Kier alpha value is -1.68. The molecule has 0 aliphatic heterocycles. The predicted molar refractivity (Wildman–Crippen MR) is 58.4 cm³/mol. The van der Waals surface area contributed by atoms with E-state index < -0.39 is 0 Å². The number of nitrogens with zero attached hydrogens (tertiary/aromatic N) is 3. The molecule has 0 aromatic carbocycles. The highest BCUT2D eigenvalue weighted by Crippen LogP contribution is 2.13. The maximum atomic E-state index is 5.75. The van der Waals surface area contributed by atoms with Crippen LogP contribution in [-0.2, 0) is 0 Å². The third-order valence-corrected chi connectivity index (χ3v) is 2.31. The van der Waals surface area contributed by atoms with Gasteiger partial charge >= 0.3 is 0 Å². The Kier molecular flexibility index (Phi) is 2.78. The SMILES string of the molecule is Cc1ccn(C(CN)c2ccccn2)n1. The summed E-state index contributed by atoms with van der Waals surface area (Å²) in [5, 5.41) is 4.35. The van der Waals surface area contributed by atoms with Gasteiger partial charge in [0.25, 0.3) is 0 Å². The standard InChI is InChI=1S/C11H14N4/c1-9-5-7-15(14-9)11(8-12)10-4-2-3-6-13-10/h2-7,11H,8,12H2,1H3. The number of hydrogen-bond acceptors (Lipinski definition) is 3. The van der Waals surface area contributed by atoms with Crippen molar-refractivity contribution in [2.45, 2.75) is 13.0 Å². The van der Waals surface area contributed by atoms with Gasteiger partial charge in [-0.25, -0.2) is 0 Å². The first-order valence-electron chi connectivity index (χ1n) is 4.94. The van der Waals surface area contributed by atoms with Crippen LogP contribution in [0.3, 0.4) is 0 Å². The van der Waals surface area contributed by atoms with E-state index >= 15 is 0 Å². The molecule has 0 spiro atoms. The molecule has 0 aliphatic carbocycles. The molecular weight excluding hydrogens is 188 g/mol. The van der Waals surface area contributed by atoms with E-state index in [1.807, 2.05) is 42.1 Å². The molecule has 0 radical (unpaired) electrons. The normalized spacial score (nSPS) is 12.7. The van der Waals surface area contributed by atoms with Crippen LogP contribution in [0.25, 0.3) is 0 Å². The lowest BCUT2D eigenvalue weighted by molar-refractivity contribution is 0.517. The van der Waals surface area contributed by atoms with Crippen molar-refractivity contribution in [3.05, 3.63) is 48.0 Å². The molecule has 0 fully saturated rings. The number of rotatable bonds is 3. The average molecular weight is 202 g/mol. The van der Waals surface area contributed by atoms with Gasteiger partial charge in [0, 0.05) is 18.9 Å². The summed E-state index contributed by atoms with van der Waals surface area (Å²) in [6, 6.07) is 7.81. The van der Waals surface area contributed by atoms with Gasteiger partial charge in [-0.1, -0.05) is 6.07 Å². The van der Waals surface area contributed by atoms with Crippen molar-refractivity contribution in [3.63, 3.8) is 0 Å². The lowest BCUT2D eigenvalue weighted by Crippen LogP contribution is -2.21. The van der Waals surface area contributed by atoms with Gasteiger partial charge in [-0.2, -0.15) is 5.10 Å². The largest absolute Gasteiger partial charge is 0.328 e. The molecule has 0 amide bonds. The lowest BCUT2D eigenvalue weighted by Gasteiger charge is -2.14. The highest BCUT2D eigenvalue weighted by molar-refractivity contribution is 5.11. The maximum absolute atomic E-state index is 5.75. The van der Waals surface area contributed by atoms with Crippen LogP contribution in [0.4, 0.5) is 0 Å². The van der Waals surface area contributed by atoms with Crippen molar-refractivity contribution < 1.29 is 0 Å². The molecule has 4 nitrogen and oxygen atoms in total. The Morgan fingerprint density at radius 2 is 2.27 bits per heavy atom. The quantitative estimate of drug-likeness (QED) is 0.811. The van der Waals surface area contributed by atoms with Gasteiger partial charge in [-0.3, -0.25) is 9.67 Å². The van der Waals surface area contributed by atoms with Crippen molar-refractivity contribution >= 4 is 0 Å². The van der Waals surface area contributed by atoms with Crippen molar-refractivity contribution in [1.29, 1.82) is 0 Å². The first-order valence-corrected chi connectivity index (χ1v) is 4.94. The van der Waals surface area contributed by atoms with Gasteiger partial charge < -0.3 is 5.73 Å². The summed E-state index contributed by atoms with van der Waals surface area (Å²) in [5.74, 6) is 0. The maximum Gasteiger partial charge on any atom is 0.106 e. The molecule has 0 saturated heterocycles. The first-order chi connectivity index (χ1) is 7.31. The Morgan fingerprint density at radius 1 is 1.40 bits per heavy atom. The van der Waals surface area contributed by atoms with E-state index in [1.54, 1.807) is 6.20 Å². The second-order valence-electron chi connectivity index (χ2n) is 3.44. The van der Waals surface area contributed by atoms with Gasteiger partial charge in [0.2, 0.25) is 0 Å². The molecule has 78 valence electrons. The molecule has 0 aliphatic rings. The average Bonchev–Trinajstić information content (AvgIpc) is 2.68. The highest BCUT2D eigenvalue weighted by Gasteiger charge is 2.13. The number of aryl methyl sites for hydroxylation is 1. The van der Waals surface area contributed by atoms with Crippen LogP contribution in [0.2, 0.25) is 0 Å². The lowest BCUT2D eigenvalue weighted by atomic mass is 10.2. The summed E-state index contributed by atoms with van der Waals surface area (Å²) in [5.41, 5.74) is 7.68. The monoisotopic (exact) mass is 202 g/mol. The van der Waals surface area contributed by atoms with Crippen LogP contribution in [-0.4, -0.2) is 21.3 Å². The van der Waals surface area contributed by atoms with E-state index in [-0.39, 0.29) is 6.04 Å². The molecule has 2 aromatic rings. The van der Waals surface area contributed by atoms with Crippen LogP contribution in [0, 0.1) is 6.92 Å². The molecule has 0 saturated carbocycles. The molecule has 4 heteroatoms. The summed E-state index contributed by atoms with van der Waals surface area (Å²) in [6.07, 6.45) is 3.70. The second-order valence-corrected chi connectivity index (χ2v) is 3.44. The van der Waals surface area contributed by atoms with E-state index in [0.29, 0.717) is 6.54 Å². The summed E-state index contributed by atoms with van der Waals surface area (Å²) in [7, 11) is 0. The summed E-state index contributed by atoms with van der Waals surface area (Å²) < 4.78 is 1.86. The Balaban J connectivity index is 2.33. The van der Waals surface area contributed by atoms with E-state index in [9.17, 15) is 0 Å². The fraction of sp³-hybridized carbons (Fsp3) is 0.273. The molecule has 2 N–H and O–H groups in total. The van der Waals surface area contributed by atoms with E-state index in [1.165, 1.54) is 0 Å². The molecule has 1 atom stereocenters. The molecule has 2 rings (SSSR count). The zero-order valence-electron chi connectivity index (χ0n) is 8.67. The van der Waals surface area contributed by atoms with Crippen molar-refractivity contribution in [3.8, 4) is 0 Å². The van der Waals surface area contributed by atoms with Crippen molar-refractivity contribution in [2.24, 2.45) is 5.73 Å². The fourth-order valence-electron chi connectivity index (χ4n) is 1.54. The topological polar surface area (TPSA) is 56.7 Å². The Bertz CT molecular complexity index is 421. The van der Waals surface area contributed by atoms with Crippen LogP contribution < -0.4 is 5.73 Å². The van der Waals surface area contributed by atoms with Crippen molar-refractivity contribution in [1.82, 2.24) is 14.8 Å². The minimum atomic E-state index is 0.0277. The van der Waals surface area contributed by atoms with Gasteiger partial charge in [0.15, 0.2) is 0 Å². The fourth-order valence-corrected chi connectivity index (χ4v) is 1.54. The van der Waals surface area contributed by atoms with E-state index in [4.69, 9.17) is 5.73 Å². The first kappa shape index (κ1) is 9.86. The summed E-state index contributed by atoms with van der Waals surface area (Å²) in [6.45, 7) is 2.46. The van der Waals surface area contributed by atoms with Crippen LogP contribution in [0.5, 0.6) is 0 Å². The number of pyridine rings is 1. The summed E-state index contributed by atoms with van der Waals surface area (Å²) >= 11 is 0. The number of hydrogen-bond donors (Lipinski definition) is 1. The Labute approximate surface area is 88.8 Å². The van der Waals surface area contributed by atoms with E-state index in [0.717, 1.165) is 11.4 Å². The summed E-state index contributed by atoms with van der Waals surface area (Å²) in [4.78, 5) is 4.29. The molecule has 2 aromatic heterocycles. The molecule has 15 heavy (non-hydrogen) atoms. The Morgan fingerprint density at radius 3 is 2.80 bits per heavy atom. The van der Waals surface area contributed by atoms with Crippen LogP contribution in [0.1, 0.15) is 17.4 Å². The smallest absolute Gasteiger partial charge is 0.106 e. The zero-order valence-corrected chi connectivity index (χ0v) is 8.67. The van der Waals surface area contributed by atoms with Crippen LogP contribution in [0.15, 0.2) is 36.7 Å². The minimum Gasteiger partial charge on any atom is -0.328 e. The highest BCUT2D eigenvalue weighted by atomic mass is 15.3. The zero-order chi connectivity index (χ0) is 10.7. The third kappa shape index (κ3) is 2.05. The van der Waals surface area contributed by atoms with Gasteiger partial charge in [0.1, 0.15) is 6.04 Å². The van der Waals surface area contributed by atoms with Gasteiger partial charge in [0.05, 0.1) is 11.4 Å². The molecule has 0 bridgehead atoms. The molecular formula is C11H14N4. The third-order valence-electron chi connectivity index (χ3n) is 2.31. The molecule has 1 unspecified atom stereocenters. The second kappa shape index (κ2) is 4.23. The number of nitrogens with two attached hydrogens (primary N) is 1. The predicted octanol–water partition coefficient (Wildman–Crippen LogP) is 1.13. The van der Waals surface area contributed by atoms with Gasteiger partial charge in [-0.05, 0) is 25.1 Å².